The second-order valence-electron chi connectivity index (χ2n) is 9.30. The molecule has 3 aromatic carbocycles. The van der Waals surface area contributed by atoms with E-state index in [4.69, 9.17) is 23.2 Å². The third kappa shape index (κ3) is 5.97. The molecule has 1 saturated heterocycles. The van der Waals surface area contributed by atoms with Crippen LogP contribution in [0.2, 0.25) is 10.0 Å². The molecule has 1 fully saturated rings. The number of hydrogen-bond acceptors (Lipinski definition) is 3. The first-order chi connectivity index (χ1) is 17.2. The molecular formula is C29H28Cl2N2O3. The monoisotopic (exact) mass is 522 g/mol. The number of imide groups is 1. The minimum Gasteiger partial charge on any atom is -0.329 e. The first-order valence-electron chi connectivity index (χ1n) is 12.0. The summed E-state index contributed by atoms with van der Waals surface area (Å²) in [5.41, 5.74) is 3.38. The van der Waals surface area contributed by atoms with Gasteiger partial charge in [0, 0.05) is 16.6 Å². The molecule has 1 aliphatic rings. The van der Waals surface area contributed by atoms with Gasteiger partial charge >= 0.3 is 0 Å². The Morgan fingerprint density at radius 3 is 2.28 bits per heavy atom. The predicted octanol–water partition coefficient (Wildman–Crippen LogP) is 6.06. The van der Waals surface area contributed by atoms with E-state index in [9.17, 15) is 14.4 Å². The highest BCUT2D eigenvalue weighted by molar-refractivity contribution is 6.30. The highest BCUT2D eigenvalue weighted by Gasteiger charge is 2.44. The normalized spacial score (nSPS) is 15.6. The van der Waals surface area contributed by atoms with Gasteiger partial charge in [0.15, 0.2) is 0 Å². The zero-order valence-electron chi connectivity index (χ0n) is 20.3. The lowest BCUT2D eigenvalue weighted by Crippen LogP contribution is -2.47. The van der Waals surface area contributed by atoms with Gasteiger partial charge in [0.05, 0.1) is 18.5 Å². The Hall–Kier alpha value is -3.15. The number of hydrogen-bond donors (Lipinski definition) is 0. The van der Waals surface area contributed by atoms with Crippen LogP contribution in [0.4, 0.5) is 5.69 Å². The summed E-state index contributed by atoms with van der Waals surface area (Å²) in [6.07, 6.45) is 0.564. The number of rotatable bonds is 8. The SMILES string of the molecule is CC(C)c1ccc(N2C(=O)CC(N(CCc3cccc(Cl)c3)C(=O)Cc3ccc(Cl)cc3)C2=O)cc1. The standard InChI is InChI=1S/C29H28Cl2N2O3/c1-19(2)22-8-12-25(13-9-22)33-28(35)18-26(29(33)36)32(15-14-20-4-3-5-24(31)16-20)27(34)17-21-6-10-23(30)11-7-21/h3-13,16,19,26H,14-15,17-18H2,1-2H3. The van der Waals surface area contributed by atoms with Crippen molar-refractivity contribution in [2.45, 2.75) is 45.1 Å². The Kier molecular flexibility index (Phi) is 8.12. The van der Waals surface area contributed by atoms with Gasteiger partial charge in [-0.15, -0.1) is 0 Å². The first-order valence-corrected chi connectivity index (χ1v) is 12.7. The molecule has 0 spiro atoms. The van der Waals surface area contributed by atoms with E-state index < -0.39 is 6.04 Å². The summed E-state index contributed by atoms with van der Waals surface area (Å²) in [7, 11) is 0. The number of nitrogens with zero attached hydrogens (tertiary/aromatic N) is 2. The number of carbonyl (C=O) groups is 3. The van der Waals surface area contributed by atoms with Gasteiger partial charge < -0.3 is 4.90 Å². The van der Waals surface area contributed by atoms with Gasteiger partial charge in [-0.1, -0.05) is 73.4 Å². The van der Waals surface area contributed by atoms with E-state index in [0.717, 1.165) is 16.7 Å². The highest BCUT2D eigenvalue weighted by Crippen LogP contribution is 2.28. The lowest BCUT2D eigenvalue weighted by atomic mass is 10.0. The van der Waals surface area contributed by atoms with Gasteiger partial charge in [0.1, 0.15) is 6.04 Å². The molecule has 3 aromatic rings. The molecule has 1 heterocycles. The van der Waals surface area contributed by atoms with E-state index in [1.165, 1.54) is 9.80 Å². The van der Waals surface area contributed by atoms with Crippen molar-refractivity contribution in [1.29, 1.82) is 0 Å². The zero-order chi connectivity index (χ0) is 25.8. The lowest BCUT2D eigenvalue weighted by molar-refractivity contribution is -0.137. The number of anilines is 1. The molecule has 186 valence electrons. The van der Waals surface area contributed by atoms with Crippen molar-refractivity contribution in [3.63, 3.8) is 0 Å². The van der Waals surface area contributed by atoms with E-state index in [0.29, 0.717) is 28.1 Å². The minimum atomic E-state index is -0.860. The maximum Gasteiger partial charge on any atom is 0.257 e. The smallest absolute Gasteiger partial charge is 0.257 e. The fraction of sp³-hybridized carbons (Fsp3) is 0.276. The van der Waals surface area contributed by atoms with Gasteiger partial charge in [-0.25, -0.2) is 4.90 Å². The summed E-state index contributed by atoms with van der Waals surface area (Å²) in [5.74, 6) is -0.575. The Bertz CT molecular complexity index is 1260. The van der Waals surface area contributed by atoms with Gasteiger partial charge in [-0.3, -0.25) is 14.4 Å². The first kappa shape index (κ1) is 25.9. The van der Waals surface area contributed by atoms with Crippen LogP contribution < -0.4 is 4.90 Å². The Morgan fingerprint density at radius 2 is 1.64 bits per heavy atom. The molecule has 1 unspecified atom stereocenters. The van der Waals surface area contributed by atoms with Crippen molar-refractivity contribution in [1.82, 2.24) is 4.90 Å². The summed E-state index contributed by atoms with van der Waals surface area (Å²) < 4.78 is 0. The van der Waals surface area contributed by atoms with E-state index in [-0.39, 0.29) is 37.1 Å². The van der Waals surface area contributed by atoms with E-state index >= 15 is 0 Å². The molecule has 0 saturated carbocycles. The number of carbonyl (C=O) groups excluding carboxylic acids is 3. The van der Waals surface area contributed by atoms with E-state index in [1.807, 2.05) is 30.3 Å². The van der Waals surface area contributed by atoms with Gasteiger partial charge in [-0.2, -0.15) is 0 Å². The maximum atomic E-state index is 13.5. The number of amides is 3. The molecule has 5 nitrogen and oxygen atoms in total. The lowest BCUT2D eigenvalue weighted by Gasteiger charge is -2.28. The van der Waals surface area contributed by atoms with E-state index in [2.05, 4.69) is 13.8 Å². The van der Waals surface area contributed by atoms with Crippen molar-refractivity contribution < 1.29 is 14.4 Å². The van der Waals surface area contributed by atoms with Crippen LogP contribution in [0.15, 0.2) is 72.8 Å². The molecule has 3 amide bonds. The summed E-state index contributed by atoms with van der Waals surface area (Å²) in [5, 5.41) is 1.19. The maximum absolute atomic E-state index is 13.5. The fourth-order valence-electron chi connectivity index (χ4n) is 4.41. The van der Waals surface area contributed by atoms with Gasteiger partial charge in [0.25, 0.3) is 5.91 Å². The Labute approximate surface area is 221 Å². The molecule has 0 aromatic heterocycles. The molecule has 1 aliphatic heterocycles. The summed E-state index contributed by atoms with van der Waals surface area (Å²) >= 11 is 12.1. The molecular weight excluding hydrogens is 495 g/mol. The second kappa shape index (κ2) is 11.3. The zero-order valence-corrected chi connectivity index (χ0v) is 21.8. The van der Waals surface area contributed by atoms with Crippen molar-refractivity contribution in [3.05, 3.63) is 99.5 Å². The highest BCUT2D eigenvalue weighted by atomic mass is 35.5. The topological polar surface area (TPSA) is 57.7 Å². The molecule has 36 heavy (non-hydrogen) atoms. The summed E-state index contributed by atoms with van der Waals surface area (Å²) in [6.45, 7) is 4.46. The molecule has 0 N–H and O–H groups in total. The minimum absolute atomic E-state index is 0.0489. The quantitative estimate of drug-likeness (QED) is 0.337. The van der Waals surface area contributed by atoms with Crippen LogP contribution in [0.5, 0.6) is 0 Å². The van der Waals surface area contributed by atoms with Crippen LogP contribution in [0, 0.1) is 0 Å². The van der Waals surface area contributed by atoms with Crippen LogP contribution in [0.25, 0.3) is 0 Å². The number of benzene rings is 3. The predicted molar refractivity (Wildman–Crippen MR) is 143 cm³/mol. The largest absolute Gasteiger partial charge is 0.329 e. The molecule has 0 aliphatic carbocycles. The van der Waals surface area contributed by atoms with Crippen molar-refractivity contribution in [2.75, 3.05) is 11.4 Å². The van der Waals surface area contributed by atoms with Crippen LogP contribution in [-0.4, -0.2) is 35.2 Å². The van der Waals surface area contributed by atoms with Crippen LogP contribution >= 0.6 is 23.2 Å². The second-order valence-corrected chi connectivity index (χ2v) is 10.2. The van der Waals surface area contributed by atoms with Gasteiger partial charge in [-0.05, 0) is 65.4 Å². The molecule has 7 heteroatoms. The molecule has 1 atom stereocenters. The van der Waals surface area contributed by atoms with Crippen LogP contribution in [0.3, 0.4) is 0 Å². The fourth-order valence-corrected chi connectivity index (χ4v) is 4.75. The summed E-state index contributed by atoms with van der Waals surface area (Å²) in [4.78, 5) is 42.7. The summed E-state index contributed by atoms with van der Waals surface area (Å²) in [6, 6.07) is 21.0. The third-order valence-corrected chi connectivity index (χ3v) is 6.92. The Balaban J connectivity index is 1.58. The van der Waals surface area contributed by atoms with E-state index in [1.54, 1.807) is 42.5 Å². The molecule has 4 rings (SSSR count). The van der Waals surface area contributed by atoms with Gasteiger partial charge in [0.2, 0.25) is 11.8 Å². The number of halogens is 2. The average molecular weight is 523 g/mol. The van der Waals surface area contributed by atoms with Crippen molar-refractivity contribution >= 4 is 46.6 Å². The Morgan fingerprint density at radius 1 is 0.944 bits per heavy atom. The molecule has 0 radical (unpaired) electrons. The van der Waals surface area contributed by atoms with Crippen LogP contribution in [0.1, 0.15) is 42.9 Å². The van der Waals surface area contributed by atoms with Crippen molar-refractivity contribution in [2.24, 2.45) is 0 Å². The molecule has 0 bridgehead atoms. The van der Waals surface area contributed by atoms with Crippen molar-refractivity contribution in [3.8, 4) is 0 Å². The average Bonchev–Trinajstić information content (AvgIpc) is 3.14. The third-order valence-electron chi connectivity index (χ3n) is 6.44. The van der Waals surface area contributed by atoms with Crippen LogP contribution in [-0.2, 0) is 27.2 Å².